The maximum absolute atomic E-state index is 11.9. The smallest absolute Gasteiger partial charge is 0.315 e. The third-order valence-electron chi connectivity index (χ3n) is 2.78. The fourth-order valence-corrected chi connectivity index (χ4v) is 2.87. The van der Waals surface area contributed by atoms with E-state index < -0.39 is 16.4 Å². The number of nitrogens with zero attached hydrogens (tertiary/aromatic N) is 2. The van der Waals surface area contributed by atoms with Crippen LogP contribution < -0.4 is 4.74 Å². The molecule has 0 bridgehead atoms. The first-order valence-electron chi connectivity index (χ1n) is 5.62. The summed E-state index contributed by atoms with van der Waals surface area (Å²) in [5.41, 5.74) is -0.127. The number of rotatable bonds is 3. The van der Waals surface area contributed by atoms with E-state index in [0.717, 1.165) is 11.8 Å². The van der Waals surface area contributed by atoms with Crippen LogP contribution in [0.5, 0.6) is 11.5 Å². The monoisotopic (exact) mass is 326 g/mol. The molecule has 9 heteroatoms. The number of amides is 1. The Bertz CT molecular complexity index is 686. The molecular formula is C12H10N2O5S2. The Morgan fingerprint density at radius 2 is 2.19 bits per heavy atom. The highest BCUT2D eigenvalue weighted by molar-refractivity contribution is 8.26. The summed E-state index contributed by atoms with van der Waals surface area (Å²) in [5, 5.41) is 20.6. The van der Waals surface area contributed by atoms with Gasteiger partial charge in [-0.05, 0) is 17.7 Å². The summed E-state index contributed by atoms with van der Waals surface area (Å²) < 4.78 is 5.31. The largest absolute Gasteiger partial charge is 0.500 e. The fraction of sp³-hybridized carbons (Fsp3) is 0.167. The Balaban J connectivity index is 2.51. The van der Waals surface area contributed by atoms with E-state index in [-0.39, 0.29) is 11.7 Å². The maximum Gasteiger partial charge on any atom is 0.315 e. The van der Waals surface area contributed by atoms with Crippen molar-refractivity contribution in [2.75, 3.05) is 14.2 Å². The van der Waals surface area contributed by atoms with Gasteiger partial charge in [0.2, 0.25) is 5.75 Å². The molecule has 1 aliphatic rings. The second-order valence-electron chi connectivity index (χ2n) is 4.09. The summed E-state index contributed by atoms with van der Waals surface area (Å²) in [7, 11) is 2.84. The highest BCUT2D eigenvalue weighted by Gasteiger charge is 2.29. The van der Waals surface area contributed by atoms with Crippen molar-refractivity contribution < 1.29 is 19.6 Å². The van der Waals surface area contributed by atoms with Crippen molar-refractivity contribution in [3.8, 4) is 11.5 Å². The number of likely N-dealkylation sites (N-methyl/N-ethyl adjacent to an activating group) is 1. The lowest BCUT2D eigenvalue weighted by Crippen LogP contribution is -2.22. The highest BCUT2D eigenvalue weighted by Crippen LogP contribution is 2.39. The van der Waals surface area contributed by atoms with E-state index in [4.69, 9.17) is 17.0 Å². The Labute approximate surface area is 129 Å². The minimum absolute atomic E-state index is 0.0394. The Morgan fingerprint density at radius 3 is 2.67 bits per heavy atom. The van der Waals surface area contributed by atoms with Gasteiger partial charge in [0.25, 0.3) is 5.91 Å². The number of carbonyl (C=O) groups excluding carboxylic acids is 1. The molecule has 0 radical (unpaired) electrons. The second kappa shape index (κ2) is 5.70. The number of thiocarbonyl (C=S) groups is 1. The van der Waals surface area contributed by atoms with E-state index in [9.17, 15) is 20.0 Å². The molecule has 0 aromatic heterocycles. The molecule has 0 saturated carbocycles. The molecule has 1 heterocycles. The Morgan fingerprint density at radius 1 is 1.52 bits per heavy atom. The zero-order chi connectivity index (χ0) is 15.7. The van der Waals surface area contributed by atoms with Gasteiger partial charge < -0.3 is 9.84 Å². The number of thioether (sulfide) groups is 1. The lowest BCUT2D eigenvalue weighted by Gasteiger charge is -2.06. The second-order valence-corrected chi connectivity index (χ2v) is 5.76. The normalized spacial score (nSPS) is 16.7. The van der Waals surface area contributed by atoms with Gasteiger partial charge in [0, 0.05) is 13.1 Å². The number of aromatic hydroxyl groups is 1. The third-order valence-corrected chi connectivity index (χ3v) is 4.26. The number of carbonyl (C=O) groups is 1. The standard InChI is InChI=1S/C12H10N2O5S2/c1-13-11(16)9(21-12(13)20)5-6-3-7(14(17)18)10(15)8(4-6)19-2/h3-5,15H,1-2H3/b9-5+. The van der Waals surface area contributed by atoms with E-state index in [1.165, 1.54) is 30.2 Å². The molecule has 110 valence electrons. The van der Waals surface area contributed by atoms with Gasteiger partial charge >= 0.3 is 5.69 Å². The van der Waals surface area contributed by atoms with Crippen LogP contribution in [0.15, 0.2) is 17.0 Å². The lowest BCUT2D eigenvalue weighted by molar-refractivity contribution is -0.386. The van der Waals surface area contributed by atoms with Crippen LogP contribution in [0.25, 0.3) is 6.08 Å². The van der Waals surface area contributed by atoms with Gasteiger partial charge in [-0.15, -0.1) is 0 Å². The average Bonchev–Trinajstić information content (AvgIpc) is 2.67. The molecule has 1 aromatic carbocycles. The first-order valence-corrected chi connectivity index (χ1v) is 6.84. The van der Waals surface area contributed by atoms with Crippen LogP contribution in [0, 0.1) is 10.1 Å². The maximum atomic E-state index is 11.9. The van der Waals surface area contributed by atoms with Gasteiger partial charge in [0.15, 0.2) is 5.75 Å². The zero-order valence-electron chi connectivity index (χ0n) is 11.0. The van der Waals surface area contributed by atoms with Gasteiger partial charge in [0.05, 0.1) is 16.9 Å². The summed E-state index contributed by atoms with van der Waals surface area (Å²) in [6.07, 6.45) is 1.47. The summed E-state index contributed by atoms with van der Waals surface area (Å²) in [6.45, 7) is 0. The number of nitro benzene ring substituents is 1. The summed E-state index contributed by atoms with van der Waals surface area (Å²) >= 11 is 6.11. The SMILES string of the molecule is COc1cc(/C=C2/SC(=S)N(C)C2=O)cc([N+](=O)[O-])c1O. The van der Waals surface area contributed by atoms with Crippen molar-refractivity contribution in [3.05, 3.63) is 32.7 Å². The van der Waals surface area contributed by atoms with Crippen LogP contribution in [0.3, 0.4) is 0 Å². The van der Waals surface area contributed by atoms with Gasteiger partial charge in [0.1, 0.15) is 4.32 Å². The number of hydrogen-bond donors (Lipinski definition) is 1. The highest BCUT2D eigenvalue weighted by atomic mass is 32.2. The van der Waals surface area contributed by atoms with E-state index >= 15 is 0 Å². The first-order chi connectivity index (χ1) is 9.85. The van der Waals surface area contributed by atoms with Crippen LogP contribution in [0.2, 0.25) is 0 Å². The quantitative estimate of drug-likeness (QED) is 0.394. The fourth-order valence-electron chi connectivity index (χ4n) is 1.69. The number of hydrogen-bond acceptors (Lipinski definition) is 7. The van der Waals surface area contributed by atoms with Crippen molar-refractivity contribution in [1.29, 1.82) is 0 Å². The van der Waals surface area contributed by atoms with E-state index in [2.05, 4.69) is 0 Å². The minimum Gasteiger partial charge on any atom is -0.500 e. The van der Waals surface area contributed by atoms with E-state index in [1.807, 2.05) is 0 Å². The molecule has 0 spiro atoms. The van der Waals surface area contributed by atoms with Crippen molar-refractivity contribution in [2.24, 2.45) is 0 Å². The van der Waals surface area contributed by atoms with E-state index in [1.54, 1.807) is 7.05 Å². The van der Waals surface area contributed by atoms with Crippen LogP contribution in [0.1, 0.15) is 5.56 Å². The molecule has 1 aliphatic heterocycles. The minimum atomic E-state index is -0.722. The number of phenolic OH excluding ortho intramolecular Hbond substituents is 1. The van der Waals surface area contributed by atoms with Crippen LogP contribution in [0.4, 0.5) is 5.69 Å². The van der Waals surface area contributed by atoms with Gasteiger partial charge in [-0.3, -0.25) is 19.8 Å². The molecule has 1 fully saturated rings. The molecule has 1 amide bonds. The molecule has 0 unspecified atom stereocenters. The van der Waals surface area contributed by atoms with Crippen molar-refractivity contribution in [3.63, 3.8) is 0 Å². The van der Waals surface area contributed by atoms with Crippen LogP contribution in [-0.4, -0.2) is 39.3 Å². The molecule has 1 saturated heterocycles. The molecule has 21 heavy (non-hydrogen) atoms. The topological polar surface area (TPSA) is 92.9 Å². The summed E-state index contributed by atoms with van der Waals surface area (Å²) in [6, 6.07) is 2.57. The van der Waals surface area contributed by atoms with Crippen molar-refractivity contribution >= 4 is 46.0 Å². The van der Waals surface area contributed by atoms with Gasteiger partial charge in [-0.1, -0.05) is 24.0 Å². The number of phenols is 1. The molecule has 0 aliphatic carbocycles. The van der Waals surface area contributed by atoms with Crippen molar-refractivity contribution in [1.82, 2.24) is 4.90 Å². The van der Waals surface area contributed by atoms with Gasteiger partial charge in [-0.25, -0.2) is 0 Å². The average molecular weight is 326 g/mol. The molecule has 1 aromatic rings. The van der Waals surface area contributed by atoms with Crippen LogP contribution >= 0.6 is 24.0 Å². The number of ether oxygens (including phenoxy) is 1. The molecule has 0 atom stereocenters. The van der Waals surface area contributed by atoms with Gasteiger partial charge in [-0.2, -0.15) is 0 Å². The molecular weight excluding hydrogens is 316 g/mol. The Kier molecular flexibility index (Phi) is 4.14. The number of nitro groups is 1. The summed E-state index contributed by atoms with van der Waals surface area (Å²) in [5.74, 6) is -0.871. The van der Waals surface area contributed by atoms with E-state index in [0.29, 0.717) is 14.8 Å². The lowest BCUT2D eigenvalue weighted by atomic mass is 10.1. The third kappa shape index (κ3) is 2.83. The number of benzene rings is 1. The zero-order valence-corrected chi connectivity index (χ0v) is 12.7. The molecule has 1 N–H and O–H groups in total. The van der Waals surface area contributed by atoms with Crippen LogP contribution in [-0.2, 0) is 4.79 Å². The predicted octanol–water partition coefficient (Wildman–Crippen LogP) is 2.14. The molecule has 7 nitrogen and oxygen atoms in total. The predicted molar refractivity (Wildman–Crippen MR) is 82.2 cm³/mol. The first kappa shape index (κ1) is 15.3. The van der Waals surface area contributed by atoms with Crippen molar-refractivity contribution in [2.45, 2.75) is 0 Å². The Hall–Kier alpha value is -2.13. The summed E-state index contributed by atoms with van der Waals surface area (Å²) in [4.78, 5) is 23.8. The molecule has 2 rings (SSSR count). The number of methoxy groups -OCH3 is 1.